The number of rotatable bonds is 1. The van der Waals surface area contributed by atoms with Gasteiger partial charge in [0.2, 0.25) is 5.43 Å². The van der Waals surface area contributed by atoms with Crippen molar-refractivity contribution in [2.75, 3.05) is 0 Å². The molecule has 1 N–H and O–H groups in total. The number of nitrogens with zero attached hydrogens (tertiary/aromatic N) is 2. The van der Waals surface area contributed by atoms with Crippen molar-refractivity contribution in [1.82, 2.24) is 8.97 Å². The molecule has 0 saturated carbocycles. The SMILES string of the molecule is Cn1cc(C(=O)O)c(=O)c2c1cn1ccccc21. The van der Waals surface area contributed by atoms with Gasteiger partial charge in [-0.15, -0.1) is 0 Å². The van der Waals surface area contributed by atoms with Gasteiger partial charge in [-0.3, -0.25) is 4.79 Å². The topological polar surface area (TPSA) is 63.7 Å². The van der Waals surface area contributed by atoms with Crippen molar-refractivity contribution in [1.29, 1.82) is 0 Å². The van der Waals surface area contributed by atoms with Gasteiger partial charge in [0.25, 0.3) is 0 Å². The number of aromatic carboxylic acids is 1. The van der Waals surface area contributed by atoms with Crippen LogP contribution in [0.25, 0.3) is 16.4 Å². The van der Waals surface area contributed by atoms with E-state index in [0.29, 0.717) is 5.39 Å². The highest BCUT2D eigenvalue weighted by atomic mass is 16.4. The van der Waals surface area contributed by atoms with Crippen molar-refractivity contribution in [2.24, 2.45) is 7.05 Å². The molecule has 3 rings (SSSR count). The van der Waals surface area contributed by atoms with Crippen LogP contribution in [-0.2, 0) is 7.05 Å². The number of carboxylic acids is 1. The van der Waals surface area contributed by atoms with E-state index < -0.39 is 11.4 Å². The summed E-state index contributed by atoms with van der Waals surface area (Å²) in [7, 11) is 1.73. The van der Waals surface area contributed by atoms with E-state index in [-0.39, 0.29) is 5.56 Å². The lowest BCUT2D eigenvalue weighted by Crippen LogP contribution is -2.17. The summed E-state index contributed by atoms with van der Waals surface area (Å²) in [6.07, 6.45) is 5.00. The van der Waals surface area contributed by atoms with Gasteiger partial charge in [-0.25, -0.2) is 4.79 Å². The van der Waals surface area contributed by atoms with Gasteiger partial charge in [-0.1, -0.05) is 6.07 Å². The lowest BCUT2D eigenvalue weighted by Gasteiger charge is -2.02. The van der Waals surface area contributed by atoms with Crippen molar-refractivity contribution >= 4 is 22.4 Å². The Morgan fingerprint density at radius 1 is 1.22 bits per heavy atom. The molecule has 3 aromatic heterocycles. The van der Waals surface area contributed by atoms with E-state index in [9.17, 15) is 9.59 Å². The normalized spacial score (nSPS) is 11.2. The van der Waals surface area contributed by atoms with E-state index in [1.54, 1.807) is 17.7 Å². The van der Waals surface area contributed by atoms with Gasteiger partial charge in [0.15, 0.2) is 0 Å². The minimum Gasteiger partial charge on any atom is -0.477 e. The molecule has 0 bridgehead atoms. The Hall–Kier alpha value is -2.56. The third-order valence-electron chi connectivity index (χ3n) is 3.07. The molecule has 3 heterocycles. The quantitative estimate of drug-likeness (QED) is 0.703. The monoisotopic (exact) mass is 242 g/mol. The van der Waals surface area contributed by atoms with Crippen LogP contribution in [0.15, 0.2) is 41.6 Å². The minimum atomic E-state index is -1.20. The summed E-state index contributed by atoms with van der Waals surface area (Å²) in [5, 5.41) is 9.48. The summed E-state index contributed by atoms with van der Waals surface area (Å²) in [5.74, 6) is -1.20. The molecule has 0 saturated heterocycles. The van der Waals surface area contributed by atoms with Gasteiger partial charge in [-0.2, -0.15) is 0 Å². The summed E-state index contributed by atoms with van der Waals surface area (Å²) >= 11 is 0. The summed E-state index contributed by atoms with van der Waals surface area (Å²) in [6.45, 7) is 0. The van der Waals surface area contributed by atoms with Crippen molar-refractivity contribution < 1.29 is 9.90 Å². The van der Waals surface area contributed by atoms with Crippen LogP contribution in [0.4, 0.5) is 0 Å². The Balaban J connectivity index is 2.63. The fourth-order valence-corrected chi connectivity index (χ4v) is 2.22. The van der Waals surface area contributed by atoms with Gasteiger partial charge in [0.05, 0.1) is 16.4 Å². The molecule has 0 aliphatic heterocycles. The zero-order valence-electron chi connectivity index (χ0n) is 9.62. The molecule has 0 unspecified atom stereocenters. The maximum Gasteiger partial charge on any atom is 0.341 e. The summed E-state index contributed by atoms with van der Waals surface area (Å²) in [6, 6.07) is 5.48. The van der Waals surface area contributed by atoms with Crippen LogP contribution < -0.4 is 5.43 Å². The maximum absolute atomic E-state index is 12.2. The minimum absolute atomic E-state index is 0.207. The smallest absolute Gasteiger partial charge is 0.341 e. The third-order valence-corrected chi connectivity index (χ3v) is 3.07. The van der Waals surface area contributed by atoms with Crippen LogP contribution in [0.3, 0.4) is 0 Å². The molecule has 0 spiro atoms. The Labute approximate surface area is 102 Å². The third kappa shape index (κ3) is 1.27. The largest absolute Gasteiger partial charge is 0.477 e. The zero-order valence-corrected chi connectivity index (χ0v) is 9.62. The van der Waals surface area contributed by atoms with E-state index in [1.165, 1.54) is 6.20 Å². The van der Waals surface area contributed by atoms with Crippen molar-refractivity contribution in [3.63, 3.8) is 0 Å². The molecule has 3 aromatic rings. The number of hydrogen-bond donors (Lipinski definition) is 1. The fourth-order valence-electron chi connectivity index (χ4n) is 2.22. The lowest BCUT2D eigenvalue weighted by atomic mass is 10.2. The van der Waals surface area contributed by atoms with E-state index in [4.69, 9.17) is 5.11 Å². The molecule has 0 radical (unpaired) electrons. The second kappa shape index (κ2) is 3.46. The van der Waals surface area contributed by atoms with Crippen molar-refractivity contribution in [2.45, 2.75) is 0 Å². The molecule has 90 valence electrons. The standard InChI is InChI=1S/C13H10N2O3/c1-14-6-8(13(17)18)12(16)11-9-4-2-3-5-15(9)7-10(11)14/h2-7H,1H3,(H,17,18). The molecule has 0 aliphatic carbocycles. The molecular formula is C13H10N2O3. The number of pyridine rings is 2. The van der Waals surface area contributed by atoms with Crippen LogP contribution in [0.5, 0.6) is 0 Å². The number of carboxylic acid groups (broad SMARTS) is 1. The summed E-state index contributed by atoms with van der Waals surface area (Å²) in [5.41, 5.74) is 0.790. The Kier molecular flexibility index (Phi) is 2.04. The molecule has 5 nitrogen and oxygen atoms in total. The van der Waals surface area contributed by atoms with Crippen molar-refractivity contribution in [3.05, 3.63) is 52.6 Å². The highest BCUT2D eigenvalue weighted by Crippen LogP contribution is 2.18. The molecule has 0 fully saturated rings. The first-order valence-corrected chi connectivity index (χ1v) is 5.42. The van der Waals surface area contributed by atoms with E-state index >= 15 is 0 Å². The van der Waals surface area contributed by atoms with Crippen LogP contribution in [-0.4, -0.2) is 20.0 Å². The number of fused-ring (bicyclic) bond motifs is 3. The summed E-state index contributed by atoms with van der Waals surface area (Å²) in [4.78, 5) is 23.2. The number of hydrogen-bond acceptors (Lipinski definition) is 2. The Morgan fingerprint density at radius 3 is 2.72 bits per heavy atom. The van der Waals surface area contributed by atoms with Crippen LogP contribution >= 0.6 is 0 Å². The van der Waals surface area contributed by atoms with Gasteiger partial charge in [-0.05, 0) is 12.1 Å². The fraction of sp³-hybridized carbons (Fsp3) is 0.0769. The molecule has 0 aliphatic rings. The Morgan fingerprint density at radius 2 is 2.00 bits per heavy atom. The molecule has 5 heteroatoms. The second-order valence-corrected chi connectivity index (χ2v) is 4.17. The first-order valence-electron chi connectivity index (χ1n) is 5.42. The predicted octanol–water partition coefficient (Wildman–Crippen LogP) is 1.49. The van der Waals surface area contributed by atoms with E-state index in [2.05, 4.69) is 0 Å². The van der Waals surface area contributed by atoms with E-state index in [0.717, 1.165) is 11.0 Å². The summed E-state index contributed by atoms with van der Waals surface area (Å²) < 4.78 is 3.48. The highest BCUT2D eigenvalue weighted by molar-refractivity contribution is 5.99. The number of aryl methyl sites for hydroxylation is 1. The van der Waals surface area contributed by atoms with Crippen LogP contribution in [0, 0.1) is 0 Å². The average Bonchev–Trinajstić information content (AvgIpc) is 2.73. The highest BCUT2D eigenvalue weighted by Gasteiger charge is 2.16. The maximum atomic E-state index is 12.2. The number of aromatic nitrogens is 2. The first-order chi connectivity index (χ1) is 8.59. The van der Waals surface area contributed by atoms with Gasteiger partial charge < -0.3 is 14.1 Å². The van der Waals surface area contributed by atoms with Gasteiger partial charge >= 0.3 is 5.97 Å². The van der Waals surface area contributed by atoms with E-state index in [1.807, 2.05) is 28.9 Å². The zero-order chi connectivity index (χ0) is 12.9. The van der Waals surface area contributed by atoms with Gasteiger partial charge in [0.1, 0.15) is 5.56 Å². The Bertz CT molecular complexity index is 842. The predicted molar refractivity (Wildman–Crippen MR) is 67.1 cm³/mol. The molecule has 0 amide bonds. The van der Waals surface area contributed by atoms with Crippen molar-refractivity contribution in [3.8, 4) is 0 Å². The van der Waals surface area contributed by atoms with Crippen LogP contribution in [0.1, 0.15) is 10.4 Å². The lowest BCUT2D eigenvalue weighted by molar-refractivity contribution is 0.0695. The molecule has 0 aromatic carbocycles. The van der Waals surface area contributed by atoms with Gasteiger partial charge in [0, 0.05) is 25.6 Å². The molecule has 0 atom stereocenters. The second-order valence-electron chi connectivity index (χ2n) is 4.17. The van der Waals surface area contributed by atoms with Crippen LogP contribution in [0.2, 0.25) is 0 Å². The average molecular weight is 242 g/mol. The molecule has 18 heavy (non-hydrogen) atoms. The number of carbonyl (C=O) groups is 1. The first kappa shape index (κ1) is 10.6. The molecular weight excluding hydrogens is 232 g/mol.